The molecule has 0 saturated heterocycles. The summed E-state index contributed by atoms with van der Waals surface area (Å²) >= 11 is 0. The molecule has 20 heavy (non-hydrogen) atoms. The molecule has 1 radical (unpaired) electrons. The SMILES string of the molecule is CCc1cc2oc(C)[c]c2c(-c2ccccn2)c1OC. The fourth-order valence-electron chi connectivity index (χ4n) is 2.52. The second-order valence-corrected chi connectivity index (χ2v) is 4.67. The Labute approximate surface area is 118 Å². The summed E-state index contributed by atoms with van der Waals surface area (Å²) in [7, 11) is 1.69. The first kappa shape index (κ1) is 12.7. The summed E-state index contributed by atoms with van der Waals surface area (Å²) in [5, 5.41) is 0.926. The standard InChI is InChI=1S/C17H16NO2/c1-4-12-10-15-13(9-11(2)20-15)16(17(12)19-3)14-7-5-6-8-18-14/h5-8,10H,4H2,1-3H3. The smallest absolute Gasteiger partial charge is 0.136 e. The zero-order chi connectivity index (χ0) is 14.1. The van der Waals surface area contributed by atoms with Crippen LogP contribution in [-0.2, 0) is 6.42 Å². The maximum absolute atomic E-state index is 5.73. The Balaban J connectivity index is 2.42. The molecule has 0 aliphatic heterocycles. The quantitative estimate of drug-likeness (QED) is 0.713. The van der Waals surface area contributed by atoms with Crippen LogP contribution in [0.15, 0.2) is 34.9 Å². The van der Waals surface area contributed by atoms with E-state index in [1.807, 2.05) is 31.2 Å². The Kier molecular flexibility index (Phi) is 3.18. The molecule has 0 aliphatic rings. The Hall–Kier alpha value is -2.29. The molecule has 1 aromatic carbocycles. The summed E-state index contributed by atoms with van der Waals surface area (Å²) in [6, 6.07) is 11.2. The van der Waals surface area contributed by atoms with Gasteiger partial charge in [0.25, 0.3) is 0 Å². The fourth-order valence-corrected chi connectivity index (χ4v) is 2.52. The Bertz CT molecular complexity index is 745. The summed E-state index contributed by atoms with van der Waals surface area (Å²) in [4.78, 5) is 4.45. The van der Waals surface area contributed by atoms with Crippen LogP contribution in [0, 0.1) is 13.0 Å². The second-order valence-electron chi connectivity index (χ2n) is 4.67. The zero-order valence-corrected chi connectivity index (χ0v) is 11.9. The van der Waals surface area contributed by atoms with Crippen molar-refractivity contribution in [2.24, 2.45) is 0 Å². The molecule has 101 valence electrons. The third-order valence-electron chi connectivity index (χ3n) is 3.39. The van der Waals surface area contributed by atoms with Crippen molar-refractivity contribution in [2.45, 2.75) is 20.3 Å². The molecular weight excluding hydrogens is 250 g/mol. The molecular formula is C17H16NO2. The highest BCUT2D eigenvalue weighted by molar-refractivity contribution is 5.97. The van der Waals surface area contributed by atoms with Gasteiger partial charge in [0.1, 0.15) is 17.1 Å². The predicted octanol–water partition coefficient (Wildman–Crippen LogP) is 4.17. The van der Waals surface area contributed by atoms with Crippen molar-refractivity contribution >= 4 is 11.0 Å². The molecule has 3 rings (SSSR count). The van der Waals surface area contributed by atoms with Crippen LogP contribution < -0.4 is 4.74 Å². The van der Waals surface area contributed by atoms with Crippen LogP contribution >= 0.6 is 0 Å². The molecule has 0 spiro atoms. The minimum absolute atomic E-state index is 0.771. The number of aryl methyl sites for hydroxylation is 2. The van der Waals surface area contributed by atoms with Gasteiger partial charge in [-0.2, -0.15) is 0 Å². The largest absolute Gasteiger partial charge is 0.496 e. The van der Waals surface area contributed by atoms with E-state index >= 15 is 0 Å². The van der Waals surface area contributed by atoms with Gasteiger partial charge in [0.05, 0.1) is 18.4 Å². The minimum atomic E-state index is 0.771. The molecule has 0 N–H and O–H groups in total. The predicted molar refractivity (Wildman–Crippen MR) is 78.9 cm³/mol. The summed E-state index contributed by atoms with van der Waals surface area (Å²) in [5.41, 5.74) is 3.78. The van der Waals surface area contributed by atoms with Crippen molar-refractivity contribution in [1.29, 1.82) is 0 Å². The first-order valence-electron chi connectivity index (χ1n) is 6.68. The van der Waals surface area contributed by atoms with E-state index in [0.717, 1.165) is 45.7 Å². The van der Waals surface area contributed by atoms with Crippen molar-refractivity contribution in [3.05, 3.63) is 47.9 Å². The van der Waals surface area contributed by atoms with E-state index < -0.39 is 0 Å². The lowest BCUT2D eigenvalue weighted by molar-refractivity contribution is 0.412. The molecule has 0 aliphatic carbocycles. The first-order chi connectivity index (χ1) is 9.74. The Morgan fingerprint density at radius 2 is 2.20 bits per heavy atom. The molecule has 3 heteroatoms. The van der Waals surface area contributed by atoms with Crippen molar-refractivity contribution in [2.75, 3.05) is 7.11 Å². The van der Waals surface area contributed by atoms with Crippen LogP contribution in [0.1, 0.15) is 18.2 Å². The van der Waals surface area contributed by atoms with Gasteiger partial charge in [0.15, 0.2) is 0 Å². The average Bonchev–Trinajstić information content (AvgIpc) is 2.85. The number of hydrogen-bond acceptors (Lipinski definition) is 3. The third-order valence-corrected chi connectivity index (χ3v) is 3.39. The second kappa shape index (κ2) is 5.00. The lowest BCUT2D eigenvalue weighted by atomic mass is 9.99. The van der Waals surface area contributed by atoms with Crippen molar-refractivity contribution in [1.82, 2.24) is 4.98 Å². The van der Waals surface area contributed by atoms with E-state index in [-0.39, 0.29) is 0 Å². The summed E-state index contributed by atoms with van der Waals surface area (Å²) < 4.78 is 11.4. The number of methoxy groups -OCH3 is 1. The monoisotopic (exact) mass is 266 g/mol. The van der Waals surface area contributed by atoms with Crippen LogP contribution in [0.4, 0.5) is 0 Å². The van der Waals surface area contributed by atoms with E-state index in [4.69, 9.17) is 9.15 Å². The van der Waals surface area contributed by atoms with E-state index in [1.165, 1.54) is 0 Å². The van der Waals surface area contributed by atoms with Gasteiger partial charge in [-0.15, -0.1) is 0 Å². The van der Waals surface area contributed by atoms with Gasteiger partial charge < -0.3 is 9.15 Å². The minimum Gasteiger partial charge on any atom is -0.496 e. The van der Waals surface area contributed by atoms with Gasteiger partial charge in [-0.3, -0.25) is 4.98 Å². The lowest BCUT2D eigenvalue weighted by Crippen LogP contribution is -1.95. The molecule has 3 aromatic rings. The number of fused-ring (bicyclic) bond motifs is 1. The fraction of sp³-hybridized carbons (Fsp3) is 0.235. The van der Waals surface area contributed by atoms with E-state index in [2.05, 4.69) is 18.0 Å². The first-order valence-corrected chi connectivity index (χ1v) is 6.68. The summed E-state index contributed by atoms with van der Waals surface area (Å²) in [6.07, 6.45) is 2.66. The molecule has 0 saturated carbocycles. The molecule has 0 atom stereocenters. The van der Waals surface area contributed by atoms with Crippen LogP contribution in [0.5, 0.6) is 5.75 Å². The molecule has 2 aromatic heterocycles. The van der Waals surface area contributed by atoms with Gasteiger partial charge in [-0.05, 0) is 37.1 Å². The number of rotatable bonds is 3. The number of benzene rings is 1. The van der Waals surface area contributed by atoms with Crippen molar-refractivity contribution in [3.63, 3.8) is 0 Å². The van der Waals surface area contributed by atoms with Crippen molar-refractivity contribution in [3.8, 4) is 17.0 Å². The number of aromatic nitrogens is 1. The lowest BCUT2D eigenvalue weighted by Gasteiger charge is -2.13. The van der Waals surface area contributed by atoms with E-state index in [0.29, 0.717) is 0 Å². The zero-order valence-electron chi connectivity index (χ0n) is 11.9. The molecule has 2 heterocycles. The third kappa shape index (κ3) is 1.95. The van der Waals surface area contributed by atoms with E-state index in [9.17, 15) is 0 Å². The van der Waals surface area contributed by atoms with Crippen LogP contribution in [0.2, 0.25) is 0 Å². The number of pyridine rings is 1. The van der Waals surface area contributed by atoms with Gasteiger partial charge in [-0.1, -0.05) is 13.0 Å². The van der Waals surface area contributed by atoms with Gasteiger partial charge in [0.2, 0.25) is 0 Å². The van der Waals surface area contributed by atoms with Gasteiger partial charge >= 0.3 is 0 Å². The van der Waals surface area contributed by atoms with Gasteiger partial charge in [0, 0.05) is 17.6 Å². The highest BCUT2D eigenvalue weighted by atomic mass is 16.5. The maximum Gasteiger partial charge on any atom is 0.136 e. The Morgan fingerprint density at radius 1 is 1.35 bits per heavy atom. The Morgan fingerprint density at radius 3 is 2.85 bits per heavy atom. The molecule has 0 amide bonds. The topological polar surface area (TPSA) is 35.3 Å². The van der Waals surface area contributed by atoms with Crippen LogP contribution in [0.3, 0.4) is 0 Å². The van der Waals surface area contributed by atoms with Gasteiger partial charge in [-0.25, -0.2) is 0 Å². The van der Waals surface area contributed by atoms with Crippen LogP contribution in [0.25, 0.3) is 22.2 Å². The van der Waals surface area contributed by atoms with Crippen LogP contribution in [-0.4, -0.2) is 12.1 Å². The number of hydrogen-bond donors (Lipinski definition) is 0. The molecule has 0 unspecified atom stereocenters. The molecule has 3 nitrogen and oxygen atoms in total. The van der Waals surface area contributed by atoms with E-state index in [1.54, 1.807) is 13.3 Å². The average molecular weight is 266 g/mol. The maximum atomic E-state index is 5.73. The highest BCUT2D eigenvalue weighted by Crippen LogP contribution is 2.40. The summed E-state index contributed by atoms with van der Waals surface area (Å²) in [5.74, 6) is 1.63. The number of nitrogens with zero attached hydrogens (tertiary/aromatic N) is 1. The number of ether oxygens (including phenoxy) is 1. The number of furan rings is 1. The normalized spacial score (nSPS) is 10.9. The summed E-state index contributed by atoms with van der Waals surface area (Å²) in [6.45, 7) is 4.01. The van der Waals surface area contributed by atoms with Crippen molar-refractivity contribution < 1.29 is 9.15 Å². The molecule has 0 bridgehead atoms. The highest BCUT2D eigenvalue weighted by Gasteiger charge is 2.18. The molecule has 0 fully saturated rings.